The third-order valence-electron chi connectivity index (χ3n) is 3.10. The summed E-state index contributed by atoms with van der Waals surface area (Å²) in [5, 5.41) is 2.61. The molecule has 0 saturated heterocycles. The van der Waals surface area contributed by atoms with Gasteiger partial charge in [-0.2, -0.15) is 13.2 Å². The van der Waals surface area contributed by atoms with Crippen molar-refractivity contribution < 1.29 is 22.8 Å². The number of halogens is 3. The molecule has 0 fully saturated rings. The number of thiophene rings is 1. The van der Waals surface area contributed by atoms with Gasteiger partial charge in [-0.3, -0.25) is 9.59 Å². The van der Waals surface area contributed by atoms with Crippen LogP contribution >= 0.6 is 11.3 Å². The van der Waals surface area contributed by atoms with Crippen LogP contribution in [0.3, 0.4) is 0 Å². The van der Waals surface area contributed by atoms with E-state index in [1.54, 1.807) is 12.1 Å². The second kappa shape index (κ2) is 7.44. The van der Waals surface area contributed by atoms with Crippen molar-refractivity contribution in [2.24, 2.45) is 0 Å². The first-order chi connectivity index (χ1) is 11.3. The van der Waals surface area contributed by atoms with Crippen molar-refractivity contribution in [2.75, 3.05) is 0 Å². The van der Waals surface area contributed by atoms with E-state index in [9.17, 15) is 22.8 Å². The van der Waals surface area contributed by atoms with Crippen LogP contribution in [0.2, 0.25) is 0 Å². The van der Waals surface area contributed by atoms with Crippen molar-refractivity contribution in [2.45, 2.75) is 19.6 Å². The van der Waals surface area contributed by atoms with Crippen LogP contribution in [-0.4, -0.2) is 11.7 Å². The molecule has 0 spiro atoms. The maximum atomic E-state index is 12.9. The number of nitrogens with one attached hydrogen (secondary N) is 1. The quantitative estimate of drug-likeness (QED) is 0.643. The fourth-order valence-corrected chi connectivity index (χ4v) is 2.83. The fourth-order valence-electron chi connectivity index (χ4n) is 1.97. The second-order valence-corrected chi connectivity index (χ2v) is 6.13. The minimum Gasteiger partial charge on any atom is -0.351 e. The summed E-state index contributed by atoms with van der Waals surface area (Å²) in [4.78, 5) is 24.1. The average molecular weight is 353 g/mol. The molecule has 7 heteroatoms. The molecule has 1 aromatic heterocycles. The lowest BCUT2D eigenvalue weighted by Gasteiger charge is -2.09. The number of hydrogen-bond donors (Lipinski definition) is 1. The molecule has 0 saturated carbocycles. The highest BCUT2D eigenvalue weighted by molar-refractivity contribution is 7.14. The monoisotopic (exact) mass is 353 g/mol. The maximum absolute atomic E-state index is 12.9. The van der Waals surface area contributed by atoms with Crippen molar-refractivity contribution in [3.63, 3.8) is 0 Å². The van der Waals surface area contributed by atoms with Gasteiger partial charge in [0.05, 0.1) is 17.0 Å². The summed E-state index contributed by atoms with van der Waals surface area (Å²) in [5.74, 6) is -0.564. The third kappa shape index (κ3) is 4.79. The van der Waals surface area contributed by atoms with Crippen LogP contribution < -0.4 is 5.32 Å². The number of carbonyl (C=O) groups excluding carboxylic acids is 2. The molecule has 3 nitrogen and oxygen atoms in total. The van der Waals surface area contributed by atoms with Gasteiger partial charge in [0.1, 0.15) is 0 Å². The van der Waals surface area contributed by atoms with Crippen molar-refractivity contribution in [1.29, 1.82) is 0 Å². The molecule has 0 bridgehead atoms. The summed E-state index contributed by atoms with van der Waals surface area (Å²) in [6.45, 7) is 1.70. The van der Waals surface area contributed by atoms with E-state index >= 15 is 0 Å². The Kier molecular flexibility index (Phi) is 5.56. The van der Waals surface area contributed by atoms with Crippen LogP contribution in [0.15, 0.2) is 42.5 Å². The standard InChI is InChI=1S/C17H14F3NO2S/c1-11(22)21-10-13-7-9-16(24-13)15(23)8-6-12-4-2-3-5-14(12)17(18,19)20/h2-9H,10H2,1H3,(H,21,22)/b8-6+. The minimum atomic E-state index is -4.47. The molecule has 1 N–H and O–H groups in total. The Balaban J connectivity index is 2.13. The Hall–Kier alpha value is -2.41. The van der Waals surface area contributed by atoms with Crippen LogP contribution in [0.1, 0.15) is 32.6 Å². The first kappa shape index (κ1) is 17.9. The van der Waals surface area contributed by atoms with Gasteiger partial charge in [-0.25, -0.2) is 0 Å². The van der Waals surface area contributed by atoms with Gasteiger partial charge in [0.15, 0.2) is 5.78 Å². The number of allylic oxidation sites excluding steroid dienone is 1. The molecule has 24 heavy (non-hydrogen) atoms. The number of alkyl halides is 3. The number of benzene rings is 1. The van der Waals surface area contributed by atoms with Gasteiger partial charge in [-0.15, -0.1) is 11.3 Å². The zero-order chi connectivity index (χ0) is 17.7. The van der Waals surface area contributed by atoms with E-state index < -0.39 is 11.7 Å². The second-order valence-electron chi connectivity index (χ2n) is 4.96. The highest BCUT2D eigenvalue weighted by Gasteiger charge is 2.32. The average Bonchev–Trinajstić information content (AvgIpc) is 2.99. The van der Waals surface area contributed by atoms with Crippen molar-refractivity contribution in [3.05, 3.63) is 63.4 Å². The lowest BCUT2D eigenvalue weighted by Crippen LogP contribution is -2.18. The third-order valence-corrected chi connectivity index (χ3v) is 4.20. The van der Waals surface area contributed by atoms with E-state index in [1.165, 1.54) is 42.5 Å². The Morgan fingerprint density at radius 2 is 1.88 bits per heavy atom. The van der Waals surface area contributed by atoms with Gasteiger partial charge in [0.2, 0.25) is 5.91 Å². The molecular weight excluding hydrogens is 339 g/mol. The van der Waals surface area contributed by atoms with Gasteiger partial charge in [-0.05, 0) is 29.8 Å². The summed E-state index contributed by atoms with van der Waals surface area (Å²) in [5.41, 5.74) is -0.847. The zero-order valence-electron chi connectivity index (χ0n) is 12.7. The summed E-state index contributed by atoms with van der Waals surface area (Å²) in [7, 11) is 0. The molecular formula is C17H14F3NO2S. The first-order valence-corrected chi connectivity index (χ1v) is 7.81. The van der Waals surface area contributed by atoms with Crippen LogP contribution in [0, 0.1) is 0 Å². The van der Waals surface area contributed by atoms with Crippen LogP contribution in [0.4, 0.5) is 13.2 Å². The number of carbonyl (C=O) groups is 2. The van der Waals surface area contributed by atoms with E-state index in [0.717, 1.165) is 17.0 Å². The molecule has 0 atom stereocenters. The molecule has 2 aromatic rings. The molecule has 1 aromatic carbocycles. The van der Waals surface area contributed by atoms with Gasteiger partial charge in [0, 0.05) is 11.8 Å². The van der Waals surface area contributed by atoms with Gasteiger partial charge >= 0.3 is 6.18 Å². The van der Waals surface area contributed by atoms with Crippen LogP contribution in [0.5, 0.6) is 0 Å². The van der Waals surface area contributed by atoms with E-state index in [0.29, 0.717) is 11.4 Å². The predicted molar refractivity (Wildman–Crippen MR) is 86.6 cm³/mol. The van der Waals surface area contributed by atoms with E-state index in [-0.39, 0.29) is 17.3 Å². The molecule has 0 aliphatic heterocycles. The van der Waals surface area contributed by atoms with Crippen molar-refractivity contribution in [3.8, 4) is 0 Å². The van der Waals surface area contributed by atoms with Gasteiger partial charge in [-0.1, -0.05) is 24.3 Å². The molecule has 0 aliphatic carbocycles. The van der Waals surface area contributed by atoms with Crippen LogP contribution in [-0.2, 0) is 17.5 Å². The normalized spacial score (nSPS) is 11.7. The van der Waals surface area contributed by atoms with Crippen molar-refractivity contribution in [1.82, 2.24) is 5.32 Å². The largest absolute Gasteiger partial charge is 0.416 e. The fraction of sp³-hybridized carbons (Fsp3) is 0.176. The molecule has 0 aliphatic rings. The number of rotatable bonds is 5. The molecule has 126 valence electrons. The lowest BCUT2D eigenvalue weighted by atomic mass is 10.1. The molecule has 0 unspecified atom stereocenters. The molecule has 1 amide bonds. The van der Waals surface area contributed by atoms with E-state index in [4.69, 9.17) is 0 Å². The zero-order valence-corrected chi connectivity index (χ0v) is 13.5. The molecule has 0 radical (unpaired) electrons. The number of ketones is 1. The lowest BCUT2D eigenvalue weighted by molar-refractivity contribution is -0.137. The topological polar surface area (TPSA) is 46.2 Å². The van der Waals surface area contributed by atoms with E-state index in [1.807, 2.05) is 0 Å². The Bertz CT molecular complexity index is 778. The minimum absolute atomic E-state index is 0.0617. The smallest absolute Gasteiger partial charge is 0.351 e. The SMILES string of the molecule is CC(=O)NCc1ccc(C(=O)/C=C/c2ccccc2C(F)(F)F)s1. The number of amides is 1. The molecule has 2 rings (SSSR count). The molecule has 1 heterocycles. The maximum Gasteiger partial charge on any atom is 0.416 e. The first-order valence-electron chi connectivity index (χ1n) is 6.99. The Labute approximate surface area is 140 Å². The van der Waals surface area contributed by atoms with E-state index in [2.05, 4.69) is 5.32 Å². The summed E-state index contributed by atoms with van der Waals surface area (Å²) in [6.07, 6.45) is -2.19. The Morgan fingerprint density at radius 1 is 1.17 bits per heavy atom. The highest BCUT2D eigenvalue weighted by Crippen LogP contribution is 2.32. The summed E-state index contributed by atoms with van der Waals surface area (Å²) < 4.78 is 38.7. The van der Waals surface area contributed by atoms with Gasteiger partial charge < -0.3 is 5.32 Å². The predicted octanol–water partition coefficient (Wildman–Crippen LogP) is 4.30. The van der Waals surface area contributed by atoms with Crippen molar-refractivity contribution >= 4 is 29.1 Å². The number of hydrogen-bond acceptors (Lipinski definition) is 3. The highest BCUT2D eigenvalue weighted by atomic mass is 32.1. The van der Waals surface area contributed by atoms with Gasteiger partial charge in [0.25, 0.3) is 0 Å². The Morgan fingerprint density at radius 3 is 2.54 bits per heavy atom. The van der Waals surface area contributed by atoms with Crippen LogP contribution in [0.25, 0.3) is 6.08 Å². The summed E-state index contributed by atoms with van der Waals surface area (Å²) in [6, 6.07) is 8.35. The summed E-state index contributed by atoms with van der Waals surface area (Å²) >= 11 is 1.19.